The molecule has 0 radical (unpaired) electrons. The van der Waals surface area contributed by atoms with Gasteiger partial charge in [0.25, 0.3) is 12.1 Å². The molecule has 0 nitrogen and oxygen atoms in total. The molecule has 0 spiro atoms. The van der Waals surface area contributed by atoms with Crippen LogP contribution >= 0.6 is 0 Å². The Balaban J connectivity index is 6.06. The first-order chi connectivity index (χ1) is 10.1. The topological polar surface area (TPSA) is 0 Å². The zero-order chi connectivity index (χ0) is 20.2. The number of rotatable bonds is 5. The number of alkyl halides is 15. The highest BCUT2D eigenvalue weighted by atomic mass is 19.4. The van der Waals surface area contributed by atoms with E-state index in [9.17, 15) is 65.9 Å². The molecule has 0 aromatic heterocycles. The Morgan fingerprint density at radius 3 is 1.17 bits per heavy atom. The molecule has 2 atom stereocenters. The van der Waals surface area contributed by atoms with E-state index in [4.69, 9.17) is 0 Å². The van der Waals surface area contributed by atoms with Crippen molar-refractivity contribution in [2.45, 2.75) is 49.1 Å². The third-order valence-electron chi connectivity index (χ3n) is 2.92. The summed E-state index contributed by atoms with van der Waals surface area (Å²) in [7, 11) is 0. The van der Waals surface area contributed by atoms with Crippen LogP contribution in [0.2, 0.25) is 0 Å². The summed E-state index contributed by atoms with van der Waals surface area (Å²) < 4.78 is 186. The third kappa shape index (κ3) is 3.34. The molecule has 0 aliphatic carbocycles. The summed E-state index contributed by atoms with van der Waals surface area (Å²) in [6.07, 6.45) is -19.4. The Kier molecular flexibility index (Phi) is 5.49. The fourth-order valence-corrected chi connectivity index (χ4v) is 1.34. The first-order valence-corrected chi connectivity index (χ1v) is 5.35. The molecule has 2 unspecified atom stereocenters. The normalized spacial score (nSPS) is 18.5. The van der Waals surface area contributed by atoms with Crippen LogP contribution in [0.25, 0.3) is 0 Å². The van der Waals surface area contributed by atoms with Crippen molar-refractivity contribution < 1.29 is 65.9 Å². The zero-order valence-corrected chi connectivity index (χ0v) is 10.8. The van der Waals surface area contributed by atoms with Crippen LogP contribution in [0.1, 0.15) is 6.92 Å². The van der Waals surface area contributed by atoms with Crippen molar-refractivity contribution in [1.82, 2.24) is 0 Å². The van der Waals surface area contributed by atoms with Gasteiger partial charge < -0.3 is 0 Å². The van der Waals surface area contributed by atoms with Gasteiger partial charge in [0.15, 0.2) is 0 Å². The standard InChI is InChI=1S/C9H5F15/c1-2(4(11,12)3(10)6(15,16)17)5(13,14)7(18,19)8(20,21)9(22,23)24/h2-3H,1H3. The van der Waals surface area contributed by atoms with E-state index in [1.54, 1.807) is 0 Å². The van der Waals surface area contributed by atoms with Crippen molar-refractivity contribution in [2.24, 2.45) is 5.92 Å². The summed E-state index contributed by atoms with van der Waals surface area (Å²) in [4.78, 5) is 0. The van der Waals surface area contributed by atoms with E-state index in [1.807, 2.05) is 0 Å². The maximum Gasteiger partial charge on any atom is 0.460 e. The molecule has 0 fully saturated rings. The summed E-state index contributed by atoms with van der Waals surface area (Å²) in [5, 5.41) is 0. The zero-order valence-electron chi connectivity index (χ0n) is 10.8. The average molecular weight is 398 g/mol. The Hall–Kier alpha value is -1.05. The van der Waals surface area contributed by atoms with E-state index in [0.29, 0.717) is 0 Å². The van der Waals surface area contributed by atoms with Crippen molar-refractivity contribution >= 4 is 0 Å². The molecular formula is C9H5F15. The van der Waals surface area contributed by atoms with Gasteiger partial charge in [0.2, 0.25) is 0 Å². The van der Waals surface area contributed by atoms with Crippen LogP contribution in [0.5, 0.6) is 0 Å². The monoisotopic (exact) mass is 398 g/mol. The molecule has 0 saturated heterocycles. The molecule has 0 rings (SSSR count). The minimum atomic E-state index is -7.59. The van der Waals surface area contributed by atoms with Gasteiger partial charge in [-0.1, -0.05) is 6.92 Å². The number of hydrogen-bond donors (Lipinski definition) is 0. The van der Waals surface area contributed by atoms with Gasteiger partial charge in [0, 0.05) is 0 Å². The lowest BCUT2D eigenvalue weighted by molar-refractivity contribution is -0.412. The molecule has 15 heteroatoms. The molecule has 146 valence electrons. The van der Waals surface area contributed by atoms with Gasteiger partial charge in [-0.3, -0.25) is 0 Å². The summed E-state index contributed by atoms with van der Waals surface area (Å²) in [5.74, 6) is -33.5. The lowest BCUT2D eigenvalue weighted by atomic mass is 9.86. The van der Waals surface area contributed by atoms with E-state index in [0.717, 1.165) is 0 Å². The summed E-state index contributed by atoms with van der Waals surface area (Å²) >= 11 is 0. The molecule has 0 aliphatic heterocycles. The van der Waals surface area contributed by atoms with Crippen LogP contribution in [0.3, 0.4) is 0 Å². The molecule has 24 heavy (non-hydrogen) atoms. The first-order valence-electron chi connectivity index (χ1n) is 5.35. The van der Waals surface area contributed by atoms with Crippen molar-refractivity contribution in [3.8, 4) is 0 Å². The SMILES string of the molecule is CC(C(F)(F)C(F)C(F)(F)F)C(F)(F)C(F)(F)C(F)(F)C(F)(F)F. The Bertz CT molecular complexity index is 441. The van der Waals surface area contributed by atoms with Crippen LogP contribution in [0.15, 0.2) is 0 Å². The largest absolute Gasteiger partial charge is 0.460 e. The second kappa shape index (κ2) is 5.75. The summed E-state index contributed by atoms with van der Waals surface area (Å²) in [5.41, 5.74) is 0. The maximum absolute atomic E-state index is 13.1. The van der Waals surface area contributed by atoms with Crippen molar-refractivity contribution in [1.29, 1.82) is 0 Å². The van der Waals surface area contributed by atoms with Crippen LogP contribution in [-0.4, -0.2) is 42.2 Å². The van der Waals surface area contributed by atoms with Gasteiger partial charge in [-0.15, -0.1) is 0 Å². The lowest BCUT2D eigenvalue weighted by Gasteiger charge is -2.39. The molecule has 0 aliphatic rings. The van der Waals surface area contributed by atoms with Gasteiger partial charge in [0.05, 0.1) is 5.92 Å². The van der Waals surface area contributed by atoms with E-state index in [1.165, 1.54) is 0 Å². The van der Waals surface area contributed by atoms with Crippen LogP contribution in [0, 0.1) is 5.92 Å². The summed E-state index contributed by atoms with van der Waals surface area (Å²) in [6.45, 7) is -0.918. The molecular weight excluding hydrogens is 393 g/mol. The smallest absolute Gasteiger partial charge is 0.231 e. The molecule has 0 saturated carbocycles. The van der Waals surface area contributed by atoms with Gasteiger partial charge in [-0.25, -0.2) is 13.2 Å². The Labute approximate surface area is 122 Å². The van der Waals surface area contributed by atoms with Crippen LogP contribution < -0.4 is 0 Å². The fourth-order valence-electron chi connectivity index (χ4n) is 1.34. The van der Waals surface area contributed by atoms with Gasteiger partial charge >= 0.3 is 30.1 Å². The van der Waals surface area contributed by atoms with Crippen LogP contribution in [-0.2, 0) is 0 Å². The van der Waals surface area contributed by atoms with Gasteiger partial charge in [0.1, 0.15) is 0 Å². The molecule has 0 aromatic carbocycles. The number of halogens is 15. The highest BCUT2D eigenvalue weighted by Crippen LogP contribution is 2.58. The molecule has 0 N–H and O–H groups in total. The van der Waals surface area contributed by atoms with Gasteiger partial charge in [-0.05, 0) is 0 Å². The first kappa shape index (κ1) is 22.9. The lowest BCUT2D eigenvalue weighted by Crippen LogP contribution is -2.66. The van der Waals surface area contributed by atoms with Crippen molar-refractivity contribution in [3.05, 3.63) is 0 Å². The van der Waals surface area contributed by atoms with E-state index in [-0.39, 0.29) is 0 Å². The van der Waals surface area contributed by atoms with Gasteiger partial charge in [-0.2, -0.15) is 52.7 Å². The van der Waals surface area contributed by atoms with Crippen LogP contribution in [0.4, 0.5) is 65.9 Å². The molecule has 0 bridgehead atoms. The summed E-state index contributed by atoms with van der Waals surface area (Å²) in [6, 6.07) is 0. The molecule has 0 aromatic rings. The minimum absolute atomic E-state index is 0.918. The van der Waals surface area contributed by atoms with E-state index >= 15 is 0 Å². The fraction of sp³-hybridized carbons (Fsp3) is 1.00. The van der Waals surface area contributed by atoms with E-state index < -0.39 is 55.1 Å². The predicted octanol–water partition coefficient (Wildman–Crippen LogP) is 5.63. The molecule has 0 amide bonds. The average Bonchev–Trinajstić information content (AvgIpc) is 2.33. The Morgan fingerprint density at radius 1 is 0.583 bits per heavy atom. The second-order valence-corrected chi connectivity index (χ2v) is 4.57. The highest BCUT2D eigenvalue weighted by molar-refractivity contribution is 5.06. The van der Waals surface area contributed by atoms with Crippen molar-refractivity contribution in [3.63, 3.8) is 0 Å². The highest BCUT2D eigenvalue weighted by Gasteiger charge is 2.84. The third-order valence-corrected chi connectivity index (χ3v) is 2.92. The predicted molar refractivity (Wildman–Crippen MR) is 46.0 cm³/mol. The minimum Gasteiger partial charge on any atom is -0.231 e. The number of hydrogen-bond acceptors (Lipinski definition) is 0. The second-order valence-electron chi connectivity index (χ2n) is 4.57. The Morgan fingerprint density at radius 2 is 0.917 bits per heavy atom. The molecule has 0 heterocycles. The van der Waals surface area contributed by atoms with E-state index in [2.05, 4.69) is 0 Å². The maximum atomic E-state index is 13.1. The van der Waals surface area contributed by atoms with Crippen molar-refractivity contribution in [2.75, 3.05) is 0 Å². The quantitative estimate of drug-likeness (QED) is 0.527.